The molecule has 6 heteroatoms. The first-order valence-corrected chi connectivity index (χ1v) is 6.22. The minimum Gasteiger partial charge on any atom is -0.465 e. The van der Waals surface area contributed by atoms with E-state index in [4.69, 9.17) is 13.7 Å². The summed E-state index contributed by atoms with van der Waals surface area (Å²) in [6.07, 6.45) is 2.10. The number of ether oxygens (including phenoxy) is 1. The number of esters is 1. The molecule has 2 aromatic heterocycles. The van der Waals surface area contributed by atoms with Crippen molar-refractivity contribution in [2.45, 2.75) is 33.1 Å². The summed E-state index contributed by atoms with van der Waals surface area (Å²) in [7, 11) is 0. The summed E-state index contributed by atoms with van der Waals surface area (Å²) < 4.78 is 15.4. The van der Waals surface area contributed by atoms with E-state index in [1.54, 1.807) is 13.2 Å². The number of hydrogen-bond acceptors (Lipinski definition) is 6. The minimum absolute atomic E-state index is 0.256. The van der Waals surface area contributed by atoms with Crippen LogP contribution >= 0.6 is 0 Å². The van der Waals surface area contributed by atoms with Gasteiger partial charge in [-0.2, -0.15) is 4.98 Å². The van der Waals surface area contributed by atoms with Crippen molar-refractivity contribution in [3.05, 3.63) is 23.8 Å². The molecule has 0 radical (unpaired) electrons. The highest BCUT2D eigenvalue weighted by Crippen LogP contribution is 2.25. The van der Waals surface area contributed by atoms with Crippen LogP contribution in [-0.2, 0) is 9.53 Å². The summed E-state index contributed by atoms with van der Waals surface area (Å²) in [6.45, 7) is 5.84. The van der Waals surface area contributed by atoms with E-state index in [1.165, 1.54) is 0 Å². The molecular weight excluding hydrogens is 248 g/mol. The molecule has 2 heterocycles. The maximum Gasteiger partial charge on any atom is 0.318 e. The average molecular weight is 264 g/mol. The standard InChI is InChI=1S/C13H16N2O4/c1-4-9(13(16)17-5-2)12-14-11(15-19-12)10-8(3)6-7-18-10/h6-7,9H,4-5H2,1-3H3. The number of carbonyl (C=O) groups excluding carboxylic acids is 1. The fraction of sp³-hybridized carbons (Fsp3) is 0.462. The molecule has 0 saturated heterocycles. The van der Waals surface area contributed by atoms with Crippen LogP contribution in [0.3, 0.4) is 0 Å². The third-order valence-corrected chi connectivity index (χ3v) is 2.78. The molecule has 0 aliphatic rings. The van der Waals surface area contributed by atoms with Gasteiger partial charge in [-0.25, -0.2) is 0 Å². The Bertz CT molecular complexity index is 558. The number of hydrogen-bond donors (Lipinski definition) is 0. The monoisotopic (exact) mass is 264 g/mol. The van der Waals surface area contributed by atoms with E-state index in [0.717, 1.165) is 5.56 Å². The Balaban J connectivity index is 2.25. The summed E-state index contributed by atoms with van der Waals surface area (Å²) in [6, 6.07) is 1.81. The average Bonchev–Trinajstić information content (AvgIpc) is 2.99. The van der Waals surface area contributed by atoms with Gasteiger partial charge in [0.25, 0.3) is 0 Å². The molecule has 2 rings (SSSR count). The number of carbonyl (C=O) groups is 1. The molecule has 1 atom stereocenters. The van der Waals surface area contributed by atoms with E-state index in [-0.39, 0.29) is 11.9 Å². The molecule has 0 aliphatic carbocycles. The van der Waals surface area contributed by atoms with Crippen LogP contribution in [0.25, 0.3) is 11.6 Å². The molecule has 2 aromatic rings. The van der Waals surface area contributed by atoms with Crippen LogP contribution in [0.4, 0.5) is 0 Å². The Hall–Kier alpha value is -2.11. The lowest BCUT2D eigenvalue weighted by Gasteiger charge is -2.08. The Morgan fingerprint density at radius 2 is 2.26 bits per heavy atom. The fourth-order valence-electron chi connectivity index (χ4n) is 1.76. The van der Waals surface area contributed by atoms with Crippen LogP contribution in [0.2, 0.25) is 0 Å². The lowest BCUT2D eigenvalue weighted by atomic mass is 10.1. The first kappa shape index (κ1) is 13.3. The molecule has 102 valence electrons. The van der Waals surface area contributed by atoms with Gasteiger partial charge < -0.3 is 13.7 Å². The lowest BCUT2D eigenvalue weighted by molar-refractivity contribution is -0.145. The van der Waals surface area contributed by atoms with Crippen molar-refractivity contribution in [2.75, 3.05) is 6.61 Å². The van der Waals surface area contributed by atoms with Gasteiger partial charge in [0.05, 0.1) is 12.9 Å². The Kier molecular flexibility index (Phi) is 3.99. The Morgan fingerprint density at radius 1 is 1.47 bits per heavy atom. The second-order valence-electron chi connectivity index (χ2n) is 4.10. The van der Waals surface area contributed by atoms with Crippen molar-refractivity contribution in [3.8, 4) is 11.6 Å². The van der Waals surface area contributed by atoms with Crippen molar-refractivity contribution >= 4 is 5.97 Å². The first-order valence-electron chi connectivity index (χ1n) is 6.22. The summed E-state index contributed by atoms with van der Waals surface area (Å²) in [5.74, 6) is 0.272. The molecule has 0 N–H and O–H groups in total. The smallest absolute Gasteiger partial charge is 0.318 e. The number of rotatable bonds is 5. The summed E-state index contributed by atoms with van der Waals surface area (Å²) in [4.78, 5) is 16.0. The highest BCUT2D eigenvalue weighted by molar-refractivity contribution is 5.76. The van der Waals surface area contributed by atoms with E-state index in [0.29, 0.717) is 24.6 Å². The van der Waals surface area contributed by atoms with Gasteiger partial charge in [0, 0.05) is 0 Å². The van der Waals surface area contributed by atoms with E-state index < -0.39 is 5.92 Å². The van der Waals surface area contributed by atoms with Crippen molar-refractivity contribution in [1.82, 2.24) is 10.1 Å². The van der Waals surface area contributed by atoms with E-state index >= 15 is 0 Å². The zero-order valence-corrected chi connectivity index (χ0v) is 11.2. The van der Waals surface area contributed by atoms with E-state index in [9.17, 15) is 4.79 Å². The third-order valence-electron chi connectivity index (χ3n) is 2.78. The molecule has 19 heavy (non-hydrogen) atoms. The van der Waals surface area contributed by atoms with Crippen molar-refractivity contribution in [3.63, 3.8) is 0 Å². The van der Waals surface area contributed by atoms with Crippen LogP contribution in [-0.4, -0.2) is 22.7 Å². The van der Waals surface area contributed by atoms with Crippen LogP contribution in [0, 0.1) is 6.92 Å². The lowest BCUT2D eigenvalue weighted by Crippen LogP contribution is -2.15. The Labute approximate surface area is 110 Å². The highest BCUT2D eigenvalue weighted by Gasteiger charge is 2.27. The maximum absolute atomic E-state index is 11.8. The normalized spacial score (nSPS) is 12.4. The summed E-state index contributed by atoms with van der Waals surface area (Å²) in [5, 5.41) is 3.84. The van der Waals surface area contributed by atoms with Gasteiger partial charge in [-0.3, -0.25) is 4.79 Å². The van der Waals surface area contributed by atoms with Crippen molar-refractivity contribution in [2.24, 2.45) is 0 Å². The fourth-order valence-corrected chi connectivity index (χ4v) is 1.76. The first-order chi connectivity index (χ1) is 9.17. The van der Waals surface area contributed by atoms with Gasteiger partial charge >= 0.3 is 5.97 Å². The number of aromatic nitrogens is 2. The molecule has 0 bridgehead atoms. The SMILES string of the molecule is CCOC(=O)C(CC)c1nc(-c2occc2C)no1. The summed E-state index contributed by atoms with van der Waals surface area (Å²) in [5.41, 5.74) is 0.913. The second kappa shape index (κ2) is 5.69. The molecule has 0 saturated carbocycles. The third kappa shape index (κ3) is 2.67. The topological polar surface area (TPSA) is 78.4 Å². The zero-order chi connectivity index (χ0) is 13.8. The largest absolute Gasteiger partial charge is 0.465 e. The predicted molar refractivity (Wildman–Crippen MR) is 66.4 cm³/mol. The molecule has 0 aliphatic heterocycles. The molecule has 0 amide bonds. The number of aryl methyl sites for hydroxylation is 1. The van der Waals surface area contributed by atoms with Gasteiger partial charge in [0.15, 0.2) is 5.76 Å². The van der Waals surface area contributed by atoms with Crippen LogP contribution < -0.4 is 0 Å². The second-order valence-corrected chi connectivity index (χ2v) is 4.10. The minimum atomic E-state index is -0.531. The number of furan rings is 1. The predicted octanol–water partition coefficient (Wildman–Crippen LogP) is 2.69. The summed E-state index contributed by atoms with van der Waals surface area (Å²) >= 11 is 0. The van der Waals surface area contributed by atoms with Gasteiger partial charge in [-0.05, 0) is 31.9 Å². The highest BCUT2D eigenvalue weighted by atomic mass is 16.5. The van der Waals surface area contributed by atoms with E-state index in [2.05, 4.69) is 10.1 Å². The zero-order valence-electron chi connectivity index (χ0n) is 11.2. The van der Waals surface area contributed by atoms with Crippen molar-refractivity contribution in [1.29, 1.82) is 0 Å². The molecule has 0 aromatic carbocycles. The van der Waals surface area contributed by atoms with Gasteiger partial charge in [0.1, 0.15) is 5.92 Å². The maximum atomic E-state index is 11.8. The number of nitrogens with zero attached hydrogens (tertiary/aromatic N) is 2. The molecule has 6 nitrogen and oxygen atoms in total. The van der Waals surface area contributed by atoms with Gasteiger partial charge in [-0.1, -0.05) is 12.1 Å². The van der Waals surface area contributed by atoms with Gasteiger partial charge in [0.2, 0.25) is 11.7 Å². The van der Waals surface area contributed by atoms with Crippen LogP contribution in [0.15, 0.2) is 21.3 Å². The van der Waals surface area contributed by atoms with Crippen LogP contribution in [0.1, 0.15) is 37.6 Å². The Morgan fingerprint density at radius 3 is 2.84 bits per heavy atom. The molecule has 0 spiro atoms. The quantitative estimate of drug-likeness (QED) is 0.772. The molecular formula is C13H16N2O4. The molecule has 1 unspecified atom stereocenters. The molecule has 0 fully saturated rings. The van der Waals surface area contributed by atoms with E-state index in [1.807, 2.05) is 19.9 Å². The van der Waals surface area contributed by atoms with Crippen LogP contribution in [0.5, 0.6) is 0 Å². The van der Waals surface area contributed by atoms with Crippen molar-refractivity contribution < 1.29 is 18.5 Å². The van der Waals surface area contributed by atoms with Gasteiger partial charge in [-0.15, -0.1) is 0 Å².